The Hall–Kier alpha value is -1.81. The number of allylic oxidation sites excluding steroid dienone is 3. The molecular weight excluding hydrogens is 276 g/mol. The van der Waals surface area contributed by atoms with Gasteiger partial charge in [-0.15, -0.1) is 0 Å². The molecule has 120 valence electrons. The van der Waals surface area contributed by atoms with Crippen LogP contribution in [0.3, 0.4) is 0 Å². The van der Waals surface area contributed by atoms with Gasteiger partial charge in [0.1, 0.15) is 0 Å². The number of carboxylic acids is 1. The van der Waals surface area contributed by atoms with E-state index in [1.165, 1.54) is 37.9 Å². The lowest BCUT2D eigenvalue weighted by Gasteiger charge is -2.25. The van der Waals surface area contributed by atoms with E-state index in [0.717, 1.165) is 18.7 Å². The Bertz CT molecular complexity index is 537. The minimum atomic E-state index is -0.801. The van der Waals surface area contributed by atoms with Crippen molar-refractivity contribution in [1.82, 2.24) is 9.47 Å². The van der Waals surface area contributed by atoms with Crippen LogP contribution in [0, 0.1) is 0 Å². The zero-order valence-electron chi connectivity index (χ0n) is 13.4. The van der Waals surface area contributed by atoms with Gasteiger partial charge < -0.3 is 9.67 Å². The first-order chi connectivity index (χ1) is 10.7. The number of piperidine rings is 1. The molecule has 1 aromatic rings. The highest BCUT2D eigenvalue weighted by atomic mass is 16.4. The fourth-order valence-electron chi connectivity index (χ4n) is 2.82. The van der Waals surface area contributed by atoms with E-state index in [4.69, 9.17) is 5.11 Å². The maximum absolute atomic E-state index is 10.6. The summed E-state index contributed by atoms with van der Waals surface area (Å²) in [6.45, 7) is 5.48. The monoisotopic (exact) mass is 302 g/mol. The second-order valence-corrected chi connectivity index (χ2v) is 5.80. The number of rotatable bonds is 7. The predicted octanol–water partition coefficient (Wildman–Crippen LogP) is 3.76. The van der Waals surface area contributed by atoms with Crippen molar-refractivity contribution in [3.63, 3.8) is 0 Å². The first-order valence-electron chi connectivity index (χ1n) is 8.17. The summed E-state index contributed by atoms with van der Waals surface area (Å²) >= 11 is 0. The fourth-order valence-corrected chi connectivity index (χ4v) is 2.82. The summed E-state index contributed by atoms with van der Waals surface area (Å²) in [5, 5.41) is 8.73. The fraction of sp³-hybridized carbons (Fsp3) is 0.500. The molecule has 4 heteroatoms. The van der Waals surface area contributed by atoms with E-state index in [1.807, 2.05) is 6.08 Å². The third-order valence-corrected chi connectivity index (χ3v) is 3.90. The third kappa shape index (κ3) is 5.19. The van der Waals surface area contributed by atoms with Gasteiger partial charge in [-0.05, 0) is 50.1 Å². The predicted molar refractivity (Wildman–Crippen MR) is 89.5 cm³/mol. The van der Waals surface area contributed by atoms with Crippen LogP contribution in [-0.2, 0) is 11.3 Å². The molecule has 0 amide bonds. The van der Waals surface area contributed by atoms with Crippen molar-refractivity contribution in [2.45, 2.75) is 45.6 Å². The Kier molecular flexibility index (Phi) is 6.46. The van der Waals surface area contributed by atoms with Crippen LogP contribution in [-0.4, -0.2) is 33.6 Å². The van der Waals surface area contributed by atoms with Crippen LogP contribution in [0.2, 0.25) is 0 Å². The van der Waals surface area contributed by atoms with Crippen molar-refractivity contribution in [2.24, 2.45) is 0 Å². The van der Waals surface area contributed by atoms with Crippen molar-refractivity contribution in [3.8, 4) is 0 Å². The van der Waals surface area contributed by atoms with Crippen LogP contribution >= 0.6 is 0 Å². The van der Waals surface area contributed by atoms with Gasteiger partial charge in [-0.2, -0.15) is 0 Å². The van der Waals surface area contributed by atoms with E-state index in [9.17, 15) is 4.79 Å². The lowest BCUT2D eigenvalue weighted by atomic mass is 10.1. The number of hydrogen-bond acceptors (Lipinski definition) is 2. The number of aromatic nitrogens is 1. The van der Waals surface area contributed by atoms with Crippen LogP contribution in [0.25, 0.3) is 5.70 Å². The Balaban J connectivity index is 2.01. The van der Waals surface area contributed by atoms with Crippen LogP contribution in [0.15, 0.2) is 36.7 Å². The quantitative estimate of drug-likeness (QED) is 0.780. The molecule has 1 aliphatic heterocycles. The maximum Gasteiger partial charge on any atom is 0.307 e. The first-order valence-corrected chi connectivity index (χ1v) is 8.17. The molecule has 0 aromatic carbocycles. The van der Waals surface area contributed by atoms with Gasteiger partial charge in [0.25, 0.3) is 0 Å². The summed E-state index contributed by atoms with van der Waals surface area (Å²) in [6, 6.07) is 2.16. The van der Waals surface area contributed by atoms with Crippen molar-refractivity contribution in [1.29, 1.82) is 0 Å². The molecule has 0 aliphatic carbocycles. The van der Waals surface area contributed by atoms with Gasteiger partial charge in [0.05, 0.1) is 6.42 Å². The number of nitrogens with zero attached hydrogens (tertiary/aromatic N) is 2. The van der Waals surface area contributed by atoms with Crippen LogP contribution in [0.5, 0.6) is 0 Å². The van der Waals surface area contributed by atoms with Gasteiger partial charge in [-0.25, -0.2) is 0 Å². The molecule has 0 saturated carbocycles. The molecule has 0 unspecified atom stereocenters. The highest BCUT2D eigenvalue weighted by Crippen LogP contribution is 2.16. The van der Waals surface area contributed by atoms with E-state index in [-0.39, 0.29) is 6.42 Å². The van der Waals surface area contributed by atoms with Crippen LogP contribution in [0.4, 0.5) is 0 Å². The van der Waals surface area contributed by atoms with Gasteiger partial charge in [0, 0.05) is 24.6 Å². The number of carbonyl (C=O) groups is 1. The van der Waals surface area contributed by atoms with Gasteiger partial charge in [0.2, 0.25) is 0 Å². The van der Waals surface area contributed by atoms with Crippen molar-refractivity contribution >= 4 is 11.7 Å². The molecule has 1 aliphatic rings. The molecule has 0 radical (unpaired) electrons. The first kappa shape index (κ1) is 16.6. The summed E-state index contributed by atoms with van der Waals surface area (Å²) in [4.78, 5) is 13.1. The average Bonchev–Trinajstić information content (AvgIpc) is 2.95. The minimum Gasteiger partial charge on any atom is -0.481 e. The van der Waals surface area contributed by atoms with Gasteiger partial charge in [-0.3, -0.25) is 9.69 Å². The molecule has 22 heavy (non-hydrogen) atoms. The summed E-state index contributed by atoms with van der Waals surface area (Å²) < 4.78 is 2.08. The average molecular weight is 302 g/mol. The van der Waals surface area contributed by atoms with Crippen molar-refractivity contribution in [3.05, 3.63) is 42.3 Å². The summed E-state index contributed by atoms with van der Waals surface area (Å²) in [5.41, 5.74) is 2.35. The number of hydrogen-bond donors (Lipinski definition) is 1. The number of aliphatic carboxylic acids is 1. The molecule has 0 atom stereocenters. The Morgan fingerprint density at radius 1 is 1.32 bits per heavy atom. The summed E-state index contributed by atoms with van der Waals surface area (Å²) in [5.74, 6) is -0.801. The third-order valence-electron chi connectivity index (χ3n) is 3.90. The van der Waals surface area contributed by atoms with Gasteiger partial charge >= 0.3 is 5.97 Å². The number of likely N-dealkylation sites (tertiary alicyclic amines) is 1. The second kappa shape index (κ2) is 8.59. The number of carboxylic acid groups (broad SMARTS) is 1. The lowest BCUT2D eigenvalue weighted by Crippen LogP contribution is -2.28. The van der Waals surface area contributed by atoms with E-state index < -0.39 is 5.97 Å². The smallest absolute Gasteiger partial charge is 0.307 e. The van der Waals surface area contributed by atoms with E-state index in [2.05, 4.69) is 40.9 Å². The normalized spacial score (nSPS) is 17.2. The van der Waals surface area contributed by atoms with Crippen molar-refractivity contribution in [2.75, 3.05) is 13.1 Å². The van der Waals surface area contributed by atoms with Crippen molar-refractivity contribution < 1.29 is 9.90 Å². The largest absolute Gasteiger partial charge is 0.481 e. The molecular formula is C18H26N2O2. The van der Waals surface area contributed by atoms with E-state index in [1.54, 1.807) is 6.08 Å². The molecule has 4 nitrogen and oxygen atoms in total. The molecule has 0 spiro atoms. The van der Waals surface area contributed by atoms with Crippen LogP contribution in [0.1, 0.15) is 44.6 Å². The molecule has 0 bridgehead atoms. The van der Waals surface area contributed by atoms with Gasteiger partial charge in [-0.1, -0.05) is 25.5 Å². The SMILES string of the molecule is CC/C=C(\C=C/CC(=O)O)n1ccc(CN2CCCCC2)c1. The lowest BCUT2D eigenvalue weighted by molar-refractivity contribution is -0.135. The standard InChI is InChI=1S/C18H26N2O2/c1-2-7-17(8-6-9-18(21)22)20-13-10-16(15-20)14-19-11-4-3-5-12-19/h6-8,10,13,15H,2-5,9,11-12,14H2,1H3,(H,21,22)/b8-6-,17-7+. The van der Waals surface area contributed by atoms with E-state index in [0.29, 0.717) is 0 Å². The molecule has 1 saturated heterocycles. The van der Waals surface area contributed by atoms with Crippen LogP contribution < -0.4 is 0 Å². The zero-order chi connectivity index (χ0) is 15.8. The minimum absolute atomic E-state index is 0.0585. The summed E-state index contributed by atoms with van der Waals surface area (Å²) in [6.07, 6.45) is 14.9. The second-order valence-electron chi connectivity index (χ2n) is 5.80. The topological polar surface area (TPSA) is 45.5 Å². The Morgan fingerprint density at radius 2 is 2.09 bits per heavy atom. The highest BCUT2D eigenvalue weighted by molar-refractivity contribution is 5.69. The Morgan fingerprint density at radius 3 is 2.77 bits per heavy atom. The highest BCUT2D eigenvalue weighted by Gasteiger charge is 2.11. The molecule has 2 rings (SSSR count). The summed E-state index contributed by atoms with van der Waals surface area (Å²) in [7, 11) is 0. The molecule has 1 fully saturated rings. The van der Waals surface area contributed by atoms with Gasteiger partial charge in [0.15, 0.2) is 0 Å². The molecule has 1 aromatic heterocycles. The molecule has 2 heterocycles. The maximum atomic E-state index is 10.6. The Labute approximate surface area is 132 Å². The van der Waals surface area contributed by atoms with E-state index >= 15 is 0 Å². The molecule has 1 N–H and O–H groups in total. The zero-order valence-corrected chi connectivity index (χ0v) is 13.4.